The molecule has 0 N–H and O–H groups in total. The molecule has 0 aliphatic carbocycles. The van der Waals surface area contributed by atoms with Crippen LogP contribution in [0.15, 0.2) is 42.7 Å². The minimum absolute atomic E-state index is 0.171. The van der Waals surface area contributed by atoms with E-state index in [9.17, 15) is 9.18 Å². The molecule has 3 nitrogen and oxygen atoms in total. The van der Waals surface area contributed by atoms with Crippen LogP contribution >= 0.6 is 0 Å². The molecule has 1 aromatic heterocycles. The summed E-state index contributed by atoms with van der Waals surface area (Å²) in [7, 11) is 0. The van der Waals surface area contributed by atoms with E-state index in [4.69, 9.17) is 0 Å². The fraction of sp³-hybridized carbons (Fsp3) is 0.200. The number of rotatable bonds is 2. The van der Waals surface area contributed by atoms with Gasteiger partial charge >= 0.3 is 0 Å². The fourth-order valence-electron chi connectivity index (χ4n) is 2.40. The zero-order chi connectivity index (χ0) is 13.2. The highest BCUT2D eigenvalue weighted by atomic mass is 19.1. The first-order chi connectivity index (χ1) is 9.24. The number of hydrogen-bond acceptors (Lipinski definition) is 3. The van der Waals surface area contributed by atoms with Gasteiger partial charge in [0.1, 0.15) is 5.82 Å². The molecule has 4 heteroatoms. The Morgan fingerprint density at radius 1 is 1.26 bits per heavy atom. The predicted molar refractivity (Wildman–Crippen MR) is 70.6 cm³/mol. The predicted octanol–water partition coefficient (Wildman–Crippen LogP) is 2.81. The summed E-state index contributed by atoms with van der Waals surface area (Å²) in [4.78, 5) is 17.8. The number of fused-ring (bicyclic) bond motifs is 1. The van der Waals surface area contributed by atoms with Crippen LogP contribution in [-0.2, 0) is 6.54 Å². The third kappa shape index (κ3) is 2.34. The molecule has 0 bridgehead atoms. The van der Waals surface area contributed by atoms with Crippen LogP contribution in [0.3, 0.4) is 0 Å². The van der Waals surface area contributed by atoms with E-state index in [1.165, 1.54) is 12.3 Å². The maximum Gasteiger partial charge on any atom is 0.166 e. The molecule has 19 heavy (non-hydrogen) atoms. The number of anilines is 1. The summed E-state index contributed by atoms with van der Waals surface area (Å²) in [6.07, 6.45) is 3.35. The fourth-order valence-corrected chi connectivity index (χ4v) is 2.40. The van der Waals surface area contributed by atoms with Gasteiger partial charge in [0.05, 0.1) is 6.20 Å². The lowest BCUT2D eigenvalue weighted by molar-refractivity contribution is 0.0979. The molecule has 0 atom stereocenters. The van der Waals surface area contributed by atoms with Crippen LogP contribution in [0.5, 0.6) is 0 Å². The van der Waals surface area contributed by atoms with Crippen LogP contribution < -0.4 is 4.90 Å². The van der Waals surface area contributed by atoms with Crippen molar-refractivity contribution in [1.82, 2.24) is 4.98 Å². The monoisotopic (exact) mass is 256 g/mol. The van der Waals surface area contributed by atoms with Crippen molar-refractivity contribution in [1.29, 1.82) is 0 Å². The largest absolute Gasteiger partial charge is 0.366 e. The summed E-state index contributed by atoms with van der Waals surface area (Å²) >= 11 is 0. The Morgan fingerprint density at radius 2 is 2.11 bits per heavy atom. The van der Waals surface area contributed by atoms with E-state index in [-0.39, 0.29) is 11.6 Å². The highest BCUT2D eigenvalue weighted by Gasteiger charge is 2.22. The van der Waals surface area contributed by atoms with Crippen molar-refractivity contribution < 1.29 is 9.18 Å². The number of benzene rings is 1. The van der Waals surface area contributed by atoms with Gasteiger partial charge in [-0.1, -0.05) is 12.1 Å². The molecule has 2 heterocycles. The van der Waals surface area contributed by atoms with Crippen LogP contribution in [0, 0.1) is 5.82 Å². The van der Waals surface area contributed by atoms with Gasteiger partial charge in [-0.3, -0.25) is 9.78 Å². The summed E-state index contributed by atoms with van der Waals surface area (Å²) in [6, 6.07) is 9.02. The molecular weight excluding hydrogens is 243 g/mol. The van der Waals surface area contributed by atoms with E-state index >= 15 is 0 Å². The molecule has 0 radical (unpaired) electrons. The number of carbonyl (C=O) groups excluding carboxylic acids is 1. The van der Waals surface area contributed by atoms with E-state index in [1.807, 2.05) is 24.3 Å². The van der Waals surface area contributed by atoms with Crippen molar-refractivity contribution in [3.63, 3.8) is 0 Å². The number of hydrogen-bond donors (Lipinski definition) is 0. The molecule has 3 rings (SSSR count). The van der Waals surface area contributed by atoms with Crippen LogP contribution in [0.25, 0.3) is 0 Å². The third-order valence-electron chi connectivity index (χ3n) is 3.29. The first kappa shape index (κ1) is 11.8. The number of ketones is 1. The number of aromatic nitrogens is 1. The van der Waals surface area contributed by atoms with Crippen LogP contribution in [0.4, 0.5) is 10.1 Å². The Morgan fingerprint density at radius 3 is 2.95 bits per heavy atom. The highest BCUT2D eigenvalue weighted by Crippen LogP contribution is 2.27. The van der Waals surface area contributed by atoms with Gasteiger partial charge in [-0.25, -0.2) is 4.39 Å². The standard InChI is InChI=1S/C15H13FN2O/c16-12-7-11(8-17-9-12)10-18-6-5-15(19)13-3-1-2-4-14(13)18/h1-4,7-9H,5-6,10H2. The molecule has 0 unspecified atom stereocenters. The van der Waals surface area contributed by atoms with Crippen molar-refractivity contribution in [3.05, 3.63) is 59.7 Å². The van der Waals surface area contributed by atoms with Crippen molar-refractivity contribution in [2.45, 2.75) is 13.0 Å². The SMILES string of the molecule is O=C1CCN(Cc2cncc(F)c2)c2ccccc21. The van der Waals surface area contributed by atoms with Gasteiger partial charge in [0.2, 0.25) is 0 Å². The molecule has 1 aliphatic rings. The normalized spacial score (nSPS) is 14.4. The molecule has 2 aromatic rings. The van der Waals surface area contributed by atoms with E-state index in [2.05, 4.69) is 9.88 Å². The second-order valence-corrected chi connectivity index (χ2v) is 4.62. The average Bonchev–Trinajstić information content (AvgIpc) is 2.42. The molecule has 0 saturated heterocycles. The number of Topliss-reactive ketones (excluding diaryl/α,β-unsaturated/α-hetero) is 1. The Kier molecular flexibility index (Phi) is 2.99. The molecule has 0 fully saturated rings. The molecule has 0 saturated carbocycles. The Bertz CT molecular complexity index is 627. The summed E-state index contributed by atoms with van der Waals surface area (Å²) in [5, 5.41) is 0. The molecule has 1 aromatic carbocycles. The first-order valence-electron chi connectivity index (χ1n) is 6.20. The third-order valence-corrected chi connectivity index (χ3v) is 3.29. The van der Waals surface area contributed by atoms with E-state index in [1.54, 1.807) is 6.20 Å². The lowest BCUT2D eigenvalue weighted by Gasteiger charge is -2.30. The number of halogens is 1. The average molecular weight is 256 g/mol. The van der Waals surface area contributed by atoms with Crippen molar-refractivity contribution in [2.75, 3.05) is 11.4 Å². The van der Waals surface area contributed by atoms with Crippen LogP contribution in [0.1, 0.15) is 22.3 Å². The second-order valence-electron chi connectivity index (χ2n) is 4.62. The van der Waals surface area contributed by atoms with E-state index in [0.29, 0.717) is 19.5 Å². The van der Waals surface area contributed by atoms with Gasteiger partial charge in [-0.05, 0) is 23.8 Å². The zero-order valence-corrected chi connectivity index (χ0v) is 10.3. The maximum absolute atomic E-state index is 13.1. The number of pyridine rings is 1. The number of para-hydroxylation sites is 1. The summed E-state index contributed by atoms with van der Waals surface area (Å²) in [6.45, 7) is 1.22. The molecule has 0 amide bonds. The minimum Gasteiger partial charge on any atom is -0.366 e. The van der Waals surface area contributed by atoms with Crippen molar-refractivity contribution >= 4 is 11.5 Å². The van der Waals surface area contributed by atoms with Crippen molar-refractivity contribution in [3.8, 4) is 0 Å². The van der Waals surface area contributed by atoms with Gasteiger partial charge < -0.3 is 4.90 Å². The van der Waals surface area contributed by atoms with Gasteiger partial charge in [-0.15, -0.1) is 0 Å². The molecule has 1 aliphatic heterocycles. The maximum atomic E-state index is 13.1. The topological polar surface area (TPSA) is 33.2 Å². The lowest BCUT2D eigenvalue weighted by atomic mass is 10.00. The van der Waals surface area contributed by atoms with Gasteiger partial charge in [-0.2, -0.15) is 0 Å². The summed E-state index contributed by atoms with van der Waals surface area (Å²) < 4.78 is 13.1. The van der Waals surface area contributed by atoms with Gasteiger partial charge in [0.25, 0.3) is 0 Å². The van der Waals surface area contributed by atoms with E-state index < -0.39 is 0 Å². The smallest absolute Gasteiger partial charge is 0.166 e. The molecule has 96 valence electrons. The minimum atomic E-state index is -0.334. The lowest BCUT2D eigenvalue weighted by Crippen LogP contribution is -2.31. The van der Waals surface area contributed by atoms with Gasteiger partial charge in [0.15, 0.2) is 5.78 Å². The summed E-state index contributed by atoms with van der Waals surface area (Å²) in [5.41, 5.74) is 2.48. The van der Waals surface area contributed by atoms with E-state index in [0.717, 1.165) is 16.8 Å². The molecule has 0 spiro atoms. The quantitative estimate of drug-likeness (QED) is 0.828. The van der Waals surface area contributed by atoms with Crippen LogP contribution in [0.2, 0.25) is 0 Å². The Labute approximate surface area is 110 Å². The van der Waals surface area contributed by atoms with Gasteiger partial charge in [0, 0.05) is 37.0 Å². The molecular formula is C15H13FN2O. The first-order valence-corrected chi connectivity index (χ1v) is 6.20. The zero-order valence-electron chi connectivity index (χ0n) is 10.3. The summed E-state index contributed by atoms with van der Waals surface area (Å²) in [5.74, 6) is -0.164. The second kappa shape index (κ2) is 4.80. The van der Waals surface area contributed by atoms with Crippen LogP contribution in [-0.4, -0.2) is 17.3 Å². The Hall–Kier alpha value is -2.23. The number of nitrogens with zero attached hydrogens (tertiary/aromatic N) is 2. The Balaban J connectivity index is 1.91. The number of carbonyl (C=O) groups is 1. The highest BCUT2D eigenvalue weighted by molar-refractivity contribution is 6.03. The van der Waals surface area contributed by atoms with Crippen molar-refractivity contribution in [2.24, 2.45) is 0 Å².